The first-order valence-corrected chi connectivity index (χ1v) is 9.08. The summed E-state index contributed by atoms with van der Waals surface area (Å²) in [5, 5.41) is 0. The molecule has 2 aliphatic rings. The van der Waals surface area contributed by atoms with E-state index in [1.165, 1.54) is 31.4 Å². The second-order valence-electron chi connectivity index (χ2n) is 6.77. The number of para-hydroxylation sites is 1. The number of hydrogen-bond acceptors (Lipinski definition) is 3. The molecule has 0 radical (unpaired) electrons. The zero-order valence-electron chi connectivity index (χ0n) is 14.3. The molecule has 1 aromatic carbocycles. The van der Waals surface area contributed by atoms with Crippen LogP contribution in [0.5, 0.6) is 0 Å². The SMILES string of the molecule is CC(C(=O)N1CCCCCC1)N1CCN(c2ccccc2)CC1. The van der Waals surface area contributed by atoms with Crippen LogP contribution < -0.4 is 4.90 Å². The van der Waals surface area contributed by atoms with Crippen LogP contribution in [0.4, 0.5) is 5.69 Å². The molecule has 2 saturated heterocycles. The molecule has 0 spiro atoms. The molecule has 23 heavy (non-hydrogen) atoms. The highest BCUT2D eigenvalue weighted by Crippen LogP contribution is 2.18. The smallest absolute Gasteiger partial charge is 0.239 e. The van der Waals surface area contributed by atoms with Crippen LogP contribution in [0.2, 0.25) is 0 Å². The molecule has 3 rings (SSSR count). The van der Waals surface area contributed by atoms with Gasteiger partial charge >= 0.3 is 0 Å². The Morgan fingerprint density at radius 2 is 1.48 bits per heavy atom. The number of nitrogens with zero attached hydrogens (tertiary/aromatic N) is 3. The van der Waals surface area contributed by atoms with Gasteiger partial charge in [-0.05, 0) is 31.9 Å². The Labute approximate surface area is 140 Å². The van der Waals surface area contributed by atoms with Crippen LogP contribution in [0, 0.1) is 0 Å². The summed E-state index contributed by atoms with van der Waals surface area (Å²) in [5.74, 6) is 0.333. The van der Waals surface area contributed by atoms with E-state index in [4.69, 9.17) is 0 Å². The van der Waals surface area contributed by atoms with Gasteiger partial charge in [-0.1, -0.05) is 31.0 Å². The minimum atomic E-state index is 0.0195. The first kappa shape index (κ1) is 16.3. The van der Waals surface area contributed by atoms with Crippen LogP contribution in [0.3, 0.4) is 0 Å². The third kappa shape index (κ3) is 4.05. The Morgan fingerprint density at radius 1 is 0.870 bits per heavy atom. The average Bonchev–Trinajstić information content (AvgIpc) is 2.91. The highest BCUT2D eigenvalue weighted by atomic mass is 16.2. The Bertz CT molecular complexity index is 489. The molecule has 4 heteroatoms. The standard InChI is InChI=1S/C19H29N3O/c1-17(19(23)22-11-7-2-3-8-12-22)20-13-15-21(16-14-20)18-9-5-4-6-10-18/h4-6,9-10,17H,2-3,7-8,11-16H2,1H3. The number of benzene rings is 1. The van der Waals surface area contributed by atoms with Gasteiger partial charge in [0.15, 0.2) is 0 Å². The Morgan fingerprint density at radius 3 is 2.09 bits per heavy atom. The Balaban J connectivity index is 1.53. The van der Waals surface area contributed by atoms with Crippen molar-refractivity contribution in [3.8, 4) is 0 Å². The van der Waals surface area contributed by atoms with Gasteiger partial charge in [-0.25, -0.2) is 0 Å². The first-order chi connectivity index (χ1) is 11.3. The number of hydrogen-bond donors (Lipinski definition) is 0. The number of anilines is 1. The summed E-state index contributed by atoms with van der Waals surface area (Å²) in [4.78, 5) is 19.6. The molecule has 1 amide bonds. The molecule has 2 heterocycles. The molecule has 4 nitrogen and oxygen atoms in total. The normalized spacial score (nSPS) is 21.8. The third-order valence-corrected chi connectivity index (χ3v) is 5.26. The van der Waals surface area contributed by atoms with E-state index in [0.29, 0.717) is 5.91 Å². The second-order valence-corrected chi connectivity index (χ2v) is 6.77. The van der Waals surface area contributed by atoms with Crippen molar-refractivity contribution >= 4 is 11.6 Å². The molecule has 0 N–H and O–H groups in total. The monoisotopic (exact) mass is 315 g/mol. The number of carbonyl (C=O) groups is 1. The van der Waals surface area contributed by atoms with Crippen LogP contribution >= 0.6 is 0 Å². The van der Waals surface area contributed by atoms with Crippen molar-refractivity contribution in [2.75, 3.05) is 44.2 Å². The van der Waals surface area contributed by atoms with Crippen molar-refractivity contribution < 1.29 is 4.79 Å². The molecular weight excluding hydrogens is 286 g/mol. The second kappa shape index (κ2) is 7.82. The molecular formula is C19H29N3O. The summed E-state index contributed by atoms with van der Waals surface area (Å²) in [6.45, 7) is 7.93. The van der Waals surface area contributed by atoms with Gasteiger partial charge in [0.05, 0.1) is 6.04 Å². The maximum absolute atomic E-state index is 12.8. The highest BCUT2D eigenvalue weighted by molar-refractivity contribution is 5.81. The van der Waals surface area contributed by atoms with Gasteiger partial charge in [-0.2, -0.15) is 0 Å². The van der Waals surface area contributed by atoms with Crippen molar-refractivity contribution in [1.82, 2.24) is 9.80 Å². The van der Waals surface area contributed by atoms with Crippen LogP contribution in [-0.2, 0) is 4.79 Å². The number of piperazine rings is 1. The number of likely N-dealkylation sites (tertiary alicyclic amines) is 1. The quantitative estimate of drug-likeness (QED) is 0.858. The zero-order valence-corrected chi connectivity index (χ0v) is 14.3. The molecule has 1 unspecified atom stereocenters. The maximum Gasteiger partial charge on any atom is 0.239 e. The lowest BCUT2D eigenvalue weighted by Gasteiger charge is -2.39. The van der Waals surface area contributed by atoms with Crippen molar-refractivity contribution in [3.05, 3.63) is 30.3 Å². The van der Waals surface area contributed by atoms with Gasteiger partial charge in [0.2, 0.25) is 5.91 Å². The van der Waals surface area contributed by atoms with Gasteiger partial charge < -0.3 is 9.80 Å². The van der Waals surface area contributed by atoms with E-state index in [9.17, 15) is 4.79 Å². The molecule has 2 fully saturated rings. The highest BCUT2D eigenvalue weighted by Gasteiger charge is 2.28. The van der Waals surface area contributed by atoms with E-state index >= 15 is 0 Å². The molecule has 2 aliphatic heterocycles. The van der Waals surface area contributed by atoms with Crippen LogP contribution in [0.15, 0.2) is 30.3 Å². The lowest BCUT2D eigenvalue weighted by Crippen LogP contribution is -2.54. The van der Waals surface area contributed by atoms with Gasteiger partial charge in [0.25, 0.3) is 0 Å². The predicted molar refractivity (Wildman–Crippen MR) is 94.7 cm³/mol. The van der Waals surface area contributed by atoms with E-state index in [1.807, 2.05) is 0 Å². The molecule has 0 aliphatic carbocycles. The van der Waals surface area contributed by atoms with Gasteiger partial charge in [0.1, 0.15) is 0 Å². The van der Waals surface area contributed by atoms with Crippen LogP contribution in [-0.4, -0.2) is 61.0 Å². The Hall–Kier alpha value is -1.55. The van der Waals surface area contributed by atoms with Crippen molar-refractivity contribution in [1.29, 1.82) is 0 Å². The third-order valence-electron chi connectivity index (χ3n) is 5.26. The number of carbonyl (C=O) groups excluding carboxylic acids is 1. The molecule has 0 aromatic heterocycles. The summed E-state index contributed by atoms with van der Waals surface area (Å²) in [6.07, 6.45) is 4.88. The fourth-order valence-electron chi connectivity index (χ4n) is 3.72. The lowest BCUT2D eigenvalue weighted by molar-refractivity contribution is -0.136. The van der Waals surface area contributed by atoms with E-state index in [-0.39, 0.29) is 6.04 Å². The largest absolute Gasteiger partial charge is 0.369 e. The summed E-state index contributed by atoms with van der Waals surface area (Å²) < 4.78 is 0. The molecule has 0 bridgehead atoms. The maximum atomic E-state index is 12.8. The summed E-state index contributed by atoms with van der Waals surface area (Å²) >= 11 is 0. The van der Waals surface area contributed by atoms with Crippen molar-refractivity contribution in [2.45, 2.75) is 38.6 Å². The zero-order chi connectivity index (χ0) is 16.1. The topological polar surface area (TPSA) is 26.8 Å². The minimum Gasteiger partial charge on any atom is -0.369 e. The van der Waals surface area contributed by atoms with Gasteiger partial charge in [-0.15, -0.1) is 0 Å². The van der Waals surface area contributed by atoms with Crippen molar-refractivity contribution in [2.24, 2.45) is 0 Å². The number of amides is 1. The van der Waals surface area contributed by atoms with E-state index in [2.05, 4.69) is 52.0 Å². The lowest BCUT2D eigenvalue weighted by atomic mass is 10.2. The van der Waals surface area contributed by atoms with E-state index in [1.54, 1.807) is 0 Å². The van der Waals surface area contributed by atoms with Crippen LogP contribution in [0.25, 0.3) is 0 Å². The number of rotatable bonds is 3. The molecule has 0 saturated carbocycles. The summed E-state index contributed by atoms with van der Waals surface area (Å²) in [5.41, 5.74) is 1.29. The predicted octanol–water partition coefficient (Wildman–Crippen LogP) is 2.60. The van der Waals surface area contributed by atoms with E-state index in [0.717, 1.165) is 39.3 Å². The summed E-state index contributed by atoms with van der Waals surface area (Å²) in [7, 11) is 0. The first-order valence-electron chi connectivity index (χ1n) is 9.08. The molecule has 1 atom stereocenters. The molecule has 1 aromatic rings. The van der Waals surface area contributed by atoms with E-state index < -0.39 is 0 Å². The fraction of sp³-hybridized carbons (Fsp3) is 0.632. The summed E-state index contributed by atoms with van der Waals surface area (Å²) in [6, 6.07) is 10.6. The fourth-order valence-corrected chi connectivity index (χ4v) is 3.72. The average molecular weight is 315 g/mol. The van der Waals surface area contributed by atoms with Crippen LogP contribution in [0.1, 0.15) is 32.6 Å². The molecule has 126 valence electrons. The van der Waals surface area contributed by atoms with Gasteiger partial charge in [0, 0.05) is 45.0 Å². The minimum absolute atomic E-state index is 0.0195. The van der Waals surface area contributed by atoms with Crippen molar-refractivity contribution in [3.63, 3.8) is 0 Å². The van der Waals surface area contributed by atoms with Gasteiger partial charge in [-0.3, -0.25) is 9.69 Å². The Kier molecular flexibility index (Phi) is 5.55.